The largest absolute Gasteiger partial charge is 0.371 e. The molecule has 5 nitrogen and oxygen atoms in total. The van der Waals surface area contributed by atoms with Gasteiger partial charge in [0.05, 0.1) is 6.20 Å². The second-order valence-electron chi connectivity index (χ2n) is 4.16. The van der Waals surface area contributed by atoms with Crippen LogP contribution in [0.1, 0.15) is 0 Å². The molecule has 0 aliphatic rings. The third-order valence-corrected chi connectivity index (χ3v) is 2.99. The maximum Gasteiger partial charge on any atom is 0.183 e. The average Bonchev–Trinajstić information content (AvgIpc) is 2.81. The van der Waals surface area contributed by atoms with Crippen molar-refractivity contribution in [2.45, 2.75) is 0 Å². The highest BCUT2D eigenvalue weighted by Crippen LogP contribution is 2.26. The van der Waals surface area contributed by atoms with E-state index in [1.807, 2.05) is 29.9 Å². The maximum absolute atomic E-state index is 13.4. The third kappa shape index (κ3) is 1.81. The molecule has 0 spiro atoms. The van der Waals surface area contributed by atoms with Gasteiger partial charge in [-0.05, 0) is 12.1 Å². The van der Waals surface area contributed by atoms with Gasteiger partial charge < -0.3 is 9.88 Å². The van der Waals surface area contributed by atoms with E-state index in [9.17, 15) is 4.39 Å². The lowest BCUT2D eigenvalue weighted by Gasteiger charge is -2.05. The first-order valence-electron chi connectivity index (χ1n) is 5.81. The van der Waals surface area contributed by atoms with Crippen molar-refractivity contribution in [3.8, 4) is 11.4 Å². The Kier molecular flexibility index (Phi) is 2.63. The number of nitrogens with one attached hydrogen (secondary N) is 1. The van der Waals surface area contributed by atoms with Crippen molar-refractivity contribution in [2.75, 3.05) is 12.4 Å². The molecular weight excluding hydrogens is 245 g/mol. The lowest BCUT2D eigenvalue weighted by Crippen LogP contribution is -2.00. The lowest BCUT2D eigenvalue weighted by atomic mass is 10.2. The molecule has 19 heavy (non-hydrogen) atoms. The number of nitrogens with zero attached hydrogens (tertiary/aromatic N) is 4. The Morgan fingerprint density at radius 2 is 2.11 bits per heavy atom. The van der Waals surface area contributed by atoms with Gasteiger partial charge in [0.1, 0.15) is 5.65 Å². The summed E-state index contributed by atoms with van der Waals surface area (Å²) in [5.41, 5.74) is 1.68. The number of halogens is 1. The van der Waals surface area contributed by atoms with Gasteiger partial charge in [-0.2, -0.15) is 0 Å². The molecule has 0 saturated heterocycles. The first kappa shape index (κ1) is 11.6. The van der Waals surface area contributed by atoms with E-state index in [1.54, 1.807) is 13.2 Å². The average molecular weight is 257 g/mol. The number of aryl methyl sites for hydroxylation is 1. The molecule has 3 heterocycles. The number of anilines is 1. The fourth-order valence-electron chi connectivity index (χ4n) is 2.03. The fraction of sp³-hybridized carbons (Fsp3) is 0.154. The van der Waals surface area contributed by atoms with Gasteiger partial charge in [-0.25, -0.2) is 19.3 Å². The van der Waals surface area contributed by atoms with Crippen LogP contribution in [0.25, 0.3) is 22.4 Å². The smallest absolute Gasteiger partial charge is 0.183 e. The summed E-state index contributed by atoms with van der Waals surface area (Å²) in [5.74, 6) is 0.194. The monoisotopic (exact) mass is 257 g/mol. The van der Waals surface area contributed by atoms with Crippen molar-refractivity contribution < 1.29 is 4.39 Å². The second kappa shape index (κ2) is 4.31. The molecule has 3 aromatic heterocycles. The van der Waals surface area contributed by atoms with Gasteiger partial charge in [-0.3, -0.25) is 0 Å². The molecule has 0 aromatic carbocycles. The molecule has 0 aliphatic heterocycles. The van der Waals surface area contributed by atoms with Crippen LogP contribution in [-0.4, -0.2) is 26.6 Å². The molecule has 0 aliphatic carbocycles. The SMILES string of the molecule is CNc1nc(-c2ccnc3c2ccn3C)ncc1F. The summed E-state index contributed by atoms with van der Waals surface area (Å²) in [4.78, 5) is 12.5. The minimum Gasteiger partial charge on any atom is -0.371 e. The van der Waals surface area contributed by atoms with Crippen molar-refractivity contribution >= 4 is 16.9 Å². The highest BCUT2D eigenvalue weighted by Gasteiger charge is 2.11. The molecule has 0 saturated carbocycles. The van der Waals surface area contributed by atoms with E-state index in [0.29, 0.717) is 5.82 Å². The summed E-state index contributed by atoms with van der Waals surface area (Å²) in [6.07, 6.45) is 4.79. The van der Waals surface area contributed by atoms with Crippen molar-refractivity contribution in [2.24, 2.45) is 7.05 Å². The first-order valence-corrected chi connectivity index (χ1v) is 5.81. The number of hydrogen-bond acceptors (Lipinski definition) is 4. The number of hydrogen-bond donors (Lipinski definition) is 1. The molecular formula is C13H12FN5. The number of rotatable bonds is 2. The fourth-order valence-corrected chi connectivity index (χ4v) is 2.03. The van der Waals surface area contributed by atoms with Gasteiger partial charge in [0, 0.05) is 37.4 Å². The Bertz CT molecular complexity index is 750. The molecule has 0 unspecified atom stereocenters. The Labute approximate surface area is 109 Å². The topological polar surface area (TPSA) is 55.6 Å². The Hall–Kier alpha value is -2.50. The van der Waals surface area contributed by atoms with Crippen LogP contribution in [0.5, 0.6) is 0 Å². The molecule has 0 amide bonds. The number of aromatic nitrogens is 4. The van der Waals surface area contributed by atoms with Gasteiger partial charge >= 0.3 is 0 Å². The quantitative estimate of drug-likeness (QED) is 0.764. The van der Waals surface area contributed by atoms with E-state index in [1.165, 1.54) is 6.20 Å². The zero-order valence-corrected chi connectivity index (χ0v) is 10.6. The van der Waals surface area contributed by atoms with Crippen LogP contribution in [0.3, 0.4) is 0 Å². The highest BCUT2D eigenvalue weighted by atomic mass is 19.1. The van der Waals surface area contributed by atoms with E-state index in [2.05, 4.69) is 20.3 Å². The van der Waals surface area contributed by atoms with Crippen LogP contribution in [-0.2, 0) is 7.05 Å². The summed E-state index contributed by atoms with van der Waals surface area (Å²) in [5, 5.41) is 3.65. The Morgan fingerprint density at radius 3 is 2.89 bits per heavy atom. The molecule has 3 rings (SSSR count). The zero-order chi connectivity index (χ0) is 13.4. The predicted molar refractivity (Wildman–Crippen MR) is 71.2 cm³/mol. The van der Waals surface area contributed by atoms with Crippen LogP contribution in [0.4, 0.5) is 10.2 Å². The second-order valence-corrected chi connectivity index (χ2v) is 4.16. The van der Waals surface area contributed by atoms with E-state index in [-0.39, 0.29) is 5.82 Å². The summed E-state index contributed by atoms with van der Waals surface area (Å²) < 4.78 is 15.3. The van der Waals surface area contributed by atoms with Crippen LogP contribution < -0.4 is 5.32 Å². The van der Waals surface area contributed by atoms with Crippen molar-refractivity contribution in [1.29, 1.82) is 0 Å². The van der Waals surface area contributed by atoms with Gasteiger partial charge in [-0.15, -0.1) is 0 Å². The molecule has 3 aromatic rings. The van der Waals surface area contributed by atoms with Crippen LogP contribution in [0.15, 0.2) is 30.7 Å². The Morgan fingerprint density at radius 1 is 1.26 bits per heavy atom. The number of fused-ring (bicyclic) bond motifs is 1. The Balaban J connectivity index is 2.24. The molecule has 0 fully saturated rings. The molecule has 0 atom stereocenters. The normalized spacial score (nSPS) is 10.9. The first-order chi connectivity index (χ1) is 9.20. The van der Waals surface area contributed by atoms with E-state index < -0.39 is 5.82 Å². The van der Waals surface area contributed by atoms with Crippen LogP contribution in [0.2, 0.25) is 0 Å². The summed E-state index contributed by atoms with van der Waals surface area (Å²) in [6, 6.07) is 3.78. The van der Waals surface area contributed by atoms with Crippen molar-refractivity contribution in [3.05, 3.63) is 36.5 Å². The summed E-state index contributed by atoms with van der Waals surface area (Å²) in [6.45, 7) is 0. The van der Waals surface area contributed by atoms with Crippen molar-refractivity contribution in [1.82, 2.24) is 19.5 Å². The molecule has 1 N–H and O–H groups in total. The minimum absolute atomic E-state index is 0.186. The van der Waals surface area contributed by atoms with Gasteiger partial charge in [0.25, 0.3) is 0 Å². The minimum atomic E-state index is -0.468. The summed E-state index contributed by atoms with van der Waals surface area (Å²) >= 11 is 0. The maximum atomic E-state index is 13.4. The van der Waals surface area contributed by atoms with Crippen molar-refractivity contribution in [3.63, 3.8) is 0 Å². The third-order valence-electron chi connectivity index (χ3n) is 2.99. The lowest BCUT2D eigenvalue weighted by molar-refractivity contribution is 0.619. The zero-order valence-electron chi connectivity index (χ0n) is 10.6. The molecule has 0 bridgehead atoms. The van der Waals surface area contributed by atoms with Gasteiger partial charge in [0.15, 0.2) is 17.5 Å². The van der Waals surface area contributed by atoms with Crippen LogP contribution in [0, 0.1) is 5.82 Å². The van der Waals surface area contributed by atoms with E-state index >= 15 is 0 Å². The predicted octanol–water partition coefficient (Wildman–Crippen LogP) is 2.21. The molecule has 0 radical (unpaired) electrons. The van der Waals surface area contributed by atoms with E-state index in [0.717, 1.165) is 16.6 Å². The van der Waals surface area contributed by atoms with E-state index in [4.69, 9.17) is 0 Å². The van der Waals surface area contributed by atoms with Gasteiger partial charge in [0.2, 0.25) is 0 Å². The highest BCUT2D eigenvalue weighted by molar-refractivity contribution is 5.91. The molecule has 96 valence electrons. The number of pyridine rings is 1. The van der Waals surface area contributed by atoms with Gasteiger partial charge in [-0.1, -0.05) is 0 Å². The molecule has 6 heteroatoms. The van der Waals surface area contributed by atoms with Crippen LogP contribution >= 0.6 is 0 Å². The summed E-state index contributed by atoms with van der Waals surface area (Å²) in [7, 11) is 3.55. The standard InChI is InChI=1S/C13H12FN5/c1-15-12-10(14)7-17-11(18-12)8-3-5-16-13-9(8)4-6-19(13)2/h3-7H,1-2H3,(H,15,17,18).